The van der Waals surface area contributed by atoms with Crippen LogP contribution in [0.5, 0.6) is 0 Å². The molecule has 1 fully saturated rings. The molecule has 0 amide bonds. The van der Waals surface area contributed by atoms with E-state index in [1.807, 2.05) is 29.8 Å². The van der Waals surface area contributed by atoms with Gasteiger partial charge in [-0.3, -0.25) is 14.9 Å². The summed E-state index contributed by atoms with van der Waals surface area (Å²) in [7, 11) is 0. The van der Waals surface area contributed by atoms with E-state index in [1.54, 1.807) is 0 Å². The second-order valence-corrected chi connectivity index (χ2v) is 9.17. The van der Waals surface area contributed by atoms with Crippen LogP contribution in [-0.4, -0.2) is 34.5 Å². The topological polar surface area (TPSA) is 32.3 Å². The molecule has 1 atom stereocenters. The van der Waals surface area contributed by atoms with Crippen molar-refractivity contribution in [3.05, 3.63) is 76.0 Å². The molecule has 27 heavy (non-hydrogen) atoms. The van der Waals surface area contributed by atoms with Gasteiger partial charge in [-0.1, -0.05) is 6.07 Å². The number of aromatic nitrogens is 2. The molecule has 0 N–H and O–H groups in total. The first kappa shape index (κ1) is 16.9. The molecule has 0 aliphatic carbocycles. The Morgan fingerprint density at radius 3 is 2.74 bits per heavy atom. The monoisotopic (exact) mass is 376 g/mol. The zero-order valence-electron chi connectivity index (χ0n) is 15.6. The van der Waals surface area contributed by atoms with E-state index in [2.05, 4.69) is 58.1 Å². The van der Waals surface area contributed by atoms with Gasteiger partial charge < -0.3 is 4.90 Å². The number of anilines is 1. The Balaban J connectivity index is 1.38. The first-order chi connectivity index (χ1) is 13.2. The van der Waals surface area contributed by atoms with Gasteiger partial charge in [0.05, 0.1) is 23.6 Å². The lowest BCUT2D eigenvalue weighted by atomic mass is 9.85. The number of thiophene rings is 1. The van der Waals surface area contributed by atoms with E-state index < -0.39 is 0 Å². The second kappa shape index (κ2) is 6.73. The van der Waals surface area contributed by atoms with Crippen molar-refractivity contribution in [3.8, 4) is 0 Å². The molecule has 0 radical (unpaired) electrons. The molecule has 5 heteroatoms. The van der Waals surface area contributed by atoms with Crippen molar-refractivity contribution in [2.45, 2.75) is 31.8 Å². The normalized spacial score (nSPS) is 21.9. The molecule has 3 aromatic rings. The maximum Gasteiger partial charge on any atom is 0.0729 e. The summed E-state index contributed by atoms with van der Waals surface area (Å²) in [5, 5.41) is 0. The smallest absolute Gasteiger partial charge is 0.0729 e. The average Bonchev–Trinajstić information content (AvgIpc) is 3.36. The highest BCUT2D eigenvalue weighted by Gasteiger charge is 2.48. The van der Waals surface area contributed by atoms with Gasteiger partial charge in [-0.25, -0.2) is 0 Å². The van der Waals surface area contributed by atoms with Gasteiger partial charge in [-0.05, 0) is 56.3 Å². The molecule has 0 aromatic carbocycles. The quantitative estimate of drug-likeness (QED) is 0.689. The van der Waals surface area contributed by atoms with Gasteiger partial charge in [-0.2, -0.15) is 0 Å². The Morgan fingerprint density at radius 2 is 1.93 bits per heavy atom. The van der Waals surface area contributed by atoms with Crippen LogP contribution in [0.1, 0.15) is 27.6 Å². The Kier molecular flexibility index (Phi) is 4.21. The molecular formula is C22H24N4S. The van der Waals surface area contributed by atoms with Crippen LogP contribution >= 0.6 is 11.3 Å². The fraction of sp³-hybridized carbons (Fsp3) is 0.364. The minimum Gasteiger partial charge on any atom is -0.363 e. The molecule has 4 nitrogen and oxygen atoms in total. The molecule has 0 saturated carbocycles. The van der Waals surface area contributed by atoms with Crippen LogP contribution in [0.4, 0.5) is 5.69 Å². The number of pyridine rings is 2. The largest absolute Gasteiger partial charge is 0.363 e. The van der Waals surface area contributed by atoms with Gasteiger partial charge in [0.2, 0.25) is 0 Å². The summed E-state index contributed by atoms with van der Waals surface area (Å²) in [6.45, 7) is 7.37. The standard InChI is InChI=1S/C22H24N4S/c1-17-7-8-19(27-17)14-25-12-9-22(15-25)16-26(13-18-5-2-3-10-23-18)20-6-4-11-24-21(20)22/h2-8,10-11H,9,12-16H2,1H3. The molecule has 5 rings (SSSR count). The van der Waals surface area contributed by atoms with E-state index in [-0.39, 0.29) is 5.41 Å². The van der Waals surface area contributed by atoms with Gasteiger partial charge in [-0.15, -0.1) is 11.3 Å². The summed E-state index contributed by atoms with van der Waals surface area (Å²) in [5.41, 5.74) is 3.84. The highest BCUT2D eigenvalue weighted by molar-refractivity contribution is 7.11. The highest BCUT2D eigenvalue weighted by atomic mass is 32.1. The highest BCUT2D eigenvalue weighted by Crippen LogP contribution is 2.45. The molecule has 1 unspecified atom stereocenters. The molecular weight excluding hydrogens is 352 g/mol. The van der Waals surface area contributed by atoms with Gasteiger partial charge in [0, 0.05) is 47.2 Å². The minimum atomic E-state index is 0.150. The van der Waals surface area contributed by atoms with Crippen LogP contribution in [0.25, 0.3) is 0 Å². The van der Waals surface area contributed by atoms with Crippen LogP contribution in [0.15, 0.2) is 54.9 Å². The van der Waals surface area contributed by atoms with Crippen molar-refractivity contribution in [1.82, 2.24) is 14.9 Å². The van der Waals surface area contributed by atoms with Crippen LogP contribution in [0.3, 0.4) is 0 Å². The zero-order valence-corrected chi connectivity index (χ0v) is 16.5. The summed E-state index contributed by atoms with van der Waals surface area (Å²) in [6, 6.07) is 15.0. The van der Waals surface area contributed by atoms with Crippen molar-refractivity contribution in [1.29, 1.82) is 0 Å². The average molecular weight is 377 g/mol. The molecule has 1 spiro atoms. The van der Waals surface area contributed by atoms with Crippen LogP contribution in [0, 0.1) is 6.92 Å². The van der Waals surface area contributed by atoms with E-state index in [9.17, 15) is 0 Å². The molecule has 1 saturated heterocycles. The van der Waals surface area contributed by atoms with Gasteiger partial charge in [0.25, 0.3) is 0 Å². The number of fused-ring (bicyclic) bond motifs is 2. The summed E-state index contributed by atoms with van der Waals surface area (Å²) in [5.74, 6) is 0. The van der Waals surface area contributed by atoms with Crippen molar-refractivity contribution in [3.63, 3.8) is 0 Å². The number of rotatable bonds is 4. The third-order valence-corrected chi connectivity index (χ3v) is 6.80. The number of hydrogen-bond acceptors (Lipinski definition) is 5. The lowest BCUT2D eigenvalue weighted by Crippen LogP contribution is -2.36. The van der Waals surface area contributed by atoms with E-state index in [1.165, 1.54) is 27.6 Å². The first-order valence-electron chi connectivity index (χ1n) is 9.60. The Morgan fingerprint density at radius 1 is 1.00 bits per heavy atom. The molecule has 2 aliphatic rings. The molecule has 3 aromatic heterocycles. The van der Waals surface area contributed by atoms with E-state index in [0.717, 1.165) is 38.4 Å². The van der Waals surface area contributed by atoms with E-state index >= 15 is 0 Å². The van der Waals surface area contributed by atoms with Crippen LogP contribution in [-0.2, 0) is 18.5 Å². The third kappa shape index (κ3) is 3.15. The number of aryl methyl sites for hydroxylation is 1. The number of likely N-dealkylation sites (tertiary alicyclic amines) is 1. The summed E-state index contributed by atoms with van der Waals surface area (Å²) >= 11 is 1.92. The van der Waals surface area contributed by atoms with Gasteiger partial charge in [0.15, 0.2) is 0 Å². The van der Waals surface area contributed by atoms with E-state index in [0.29, 0.717) is 0 Å². The van der Waals surface area contributed by atoms with Gasteiger partial charge >= 0.3 is 0 Å². The van der Waals surface area contributed by atoms with Crippen LogP contribution in [0.2, 0.25) is 0 Å². The molecule has 5 heterocycles. The maximum atomic E-state index is 4.85. The minimum absolute atomic E-state index is 0.150. The maximum absolute atomic E-state index is 4.85. The fourth-order valence-corrected chi connectivity index (χ4v) is 5.55. The summed E-state index contributed by atoms with van der Waals surface area (Å²) in [4.78, 5) is 17.3. The Hall–Kier alpha value is -2.24. The van der Waals surface area contributed by atoms with Crippen molar-refractivity contribution in [2.24, 2.45) is 0 Å². The predicted molar refractivity (Wildman–Crippen MR) is 110 cm³/mol. The second-order valence-electron chi connectivity index (χ2n) is 7.80. The van der Waals surface area contributed by atoms with Crippen molar-refractivity contribution in [2.75, 3.05) is 24.5 Å². The molecule has 0 bridgehead atoms. The molecule has 2 aliphatic heterocycles. The summed E-state index contributed by atoms with van der Waals surface area (Å²) in [6.07, 6.45) is 5.02. The van der Waals surface area contributed by atoms with Crippen LogP contribution < -0.4 is 4.90 Å². The first-order valence-corrected chi connectivity index (χ1v) is 10.4. The Labute approximate surface area is 164 Å². The number of hydrogen-bond donors (Lipinski definition) is 0. The Bertz CT molecular complexity index is 938. The fourth-order valence-electron chi connectivity index (χ4n) is 4.62. The predicted octanol–water partition coefficient (Wildman–Crippen LogP) is 4.01. The zero-order chi connectivity index (χ0) is 18.3. The SMILES string of the molecule is Cc1ccc(CN2CCC3(C2)CN(Cc2ccccn2)c2cccnc23)s1. The van der Waals surface area contributed by atoms with Gasteiger partial charge in [0.1, 0.15) is 0 Å². The lowest BCUT2D eigenvalue weighted by Gasteiger charge is -2.25. The third-order valence-electron chi connectivity index (χ3n) is 5.81. The molecule has 138 valence electrons. The lowest BCUT2D eigenvalue weighted by molar-refractivity contribution is 0.307. The van der Waals surface area contributed by atoms with E-state index in [4.69, 9.17) is 4.98 Å². The van der Waals surface area contributed by atoms with Crippen molar-refractivity contribution < 1.29 is 0 Å². The number of nitrogens with zero attached hydrogens (tertiary/aromatic N) is 4. The summed E-state index contributed by atoms with van der Waals surface area (Å²) < 4.78 is 0. The van der Waals surface area contributed by atoms with Crippen molar-refractivity contribution >= 4 is 17.0 Å².